The molecule has 1 saturated heterocycles. The van der Waals surface area contributed by atoms with Gasteiger partial charge in [0.2, 0.25) is 11.8 Å². The highest BCUT2D eigenvalue weighted by atomic mass is 16.5. The number of primary amides is 1. The molecule has 0 spiro atoms. The molecule has 19 heavy (non-hydrogen) atoms. The lowest BCUT2D eigenvalue weighted by molar-refractivity contribution is -0.125. The third-order valence-electron chi connectivity index (χ3n) is 3.34. The number of amides is 2. The first-order chi connectivity index (χ1) is 9.05. The van der Waals surface area contributed by atoms with Crippen LogP contribution in [-0.2, 0) is 14.3 Å². The normalized spacial score (nSPS) is 19.1. The Hall–Kier alpha value is -1.18. The number of piperidine rings is 1. The van der Waals surface area contributed by atoms with Gasteiger partial charge >= 0.3 is 0 Å². The average Bonchev–Trinajstić information content (AvgIpc) is 2.37. The summed E-state index contributed by atoms with van der Waals surface area (Å²) in [6.45, 7) is 2.18. The van der Waals surface area contributed by atoms with Crippen LogP contribution in [-0.4, -0.2) is 62.1 Å². The molecule has 7 nitrogen and oxygen atoms in total. The molecule has 1 atom stereocenters. The highest BCUT2D eigenvalue weighted by Gasteiger charge is 2.22. The summed E-state index contributed by atoms with van der Waals surface area (Å²) in [7, 11) is 1.55. The number of likely N-dealkylation sites (tertiary alicyclic amines) is 1. The summed E-state index contributed by atoms with van der Waals surface area (Å²) in [6.07, 6.45) is 1.72. The lowest BCUT2D eigenvalue weighted by Crippen LogP contribution is -2.47. The molecule has 1 fully saturated rings. The minimum Gasteiger partial charge on any atom is -0.380 e. The van der Waals surface area contributed by atoms with Gasteiger partial charge in [0.05, 0.1) is 19.1 Å². The zero-order valence-electron chi connectivity index (χ0n) is 11.4. The van der Waals surface area contributed by atoms with Gasteiger partial charge in [0.15, 0.2) is 0 Å². The molecule has 0 aromatic carbocycles. The molecule has 7 heteroatoms. The number of carbonyl (C=O) groups is 2. The predicted octanol–water partition coefficient (Wildman–Crippen LogP) is -1.58. The van der Waals surface area contributed by atoms with Crippen molar-refractivity contribution in [1.29, 1.82) is 0 Å². The fourth-order valence-corrected chi connectivity index (χ4v) is 2.21. The molecule has 0 saturated carbocycles. The molecule has 0 aliphatic carbocycles. The van der Waals surface area contributed by atoms with Crippen LogP contribution in [0.25, 0.3) is 0 Å². The van der Waals surface area contributed by atoms with Crippen molar-refractivity contribution in [2.75, 3.05) is 33.3 Å². The van der Waals surface area contributed by atoms with Crippen LogP contribution in [0.15, 0.2) is 0 Å². The first-order valence-electron chi connectivity index (χ1n) is 6.58. The van der Waals surface area contributed by atoms with Crippen molar-refractivity contribution in [3.8, 4) is 0 Å². The van der Waals surface area contributed by atoms with E-state index in [9.17, 15) is 9.59 Å². The number of methoxy groups -OCH3 is 1. The fraction of sp³-hybridized carbons (Fsp3) is 0.833. The molecule has 2 amide bonds. The van der Waals surface area contributed by atoms with Crippen LogP contribution in [0, 0.1) is 0 Å². The first-order valence-corrected chi connectivity index (χ1v) is 6.58. The van der Waals surface area contributed by atoms with E-state index in [1.807, 2.05) is 4.90 Å². The maximum atomic E-state index is 11.8. The standard InChI is InChI=1S/C12H24N4O3/c1-19-10(7-13)6-12(18)15-9-2-4-16(5-3-9)8-11(14)17/h9-10H,2-8,13H2,1H3,(H2,14,17)(H,15,18). The van der Waals surface area contributed by atoms with Crippen LogP contribution in [0.5, 0.6) is 0 Å². The summed E-state index contributed by atoms with van der Waals surface area (Å²) in [5.74, 6) is -0.348. The zero-order chi connectivity index (χ0) is 14.3. The third kappa shape index (κ3) is 6.00. The minimum absolute atomic E-state index is 0.0364. The van der Waals surface area contributed by atoms with E-state index in [2.05, 4.69) is 5.32 Å². The van der Waals surface area contributed by atoms with Crippen LogP contribution in [0.4, 0.5) is 0 Å². The lowest BCUT2D eigenvalue weighted by Gasteiger charge is -2.31. The van der Waals surface area contributed by atoms with E-state index in [0.717, 1.165) is 25.9 Å². The summed E-state index contributed by atoms with van der Waals surface area (Å²) < 4.78 is 5.07. The van der Waals surface area contributed by atoms with Gasteiger partial charge in [0, 0.05) is 32.8 Å². The summed E-state index contributed by atoms with van der Waals surface area (Å²) in [4.78, 5) is 24.6. The summed E-state index contributed by atoms with van der Waals surface area (Å²) in [6, 6.07) is 0.159. The Morgan fingerprint density at radius 1 is 1.42 bits per heavy atom. The molecule has 1 aliphatic rings. The number of nitrogens with one attached hydrogen (secondary N) is 1. The monoisotopic (exact) mass is 272 g/mol. The Labute approximate surface area is 113 Å². The van der Waals surface area contributed by atoms with Gasteiger partial charge in [-0.25, -0.2) is 0 Å². The van der Waals surface area contributed by atoms with Gasteiger partial charge in [-0.3, -0.25) is 14.5 Å². The minimum atomic E-state index is -0.312. The number of hydrogen-bond donors (Lipinski definition) is 3. The second-order valence-corrected chi connectivity index (χ2v) is 4.88. The zero-order valence-corrected chi connectivity index (χ0v) is 11.4. The lowest BCUT2D eigenvalue weighted by atomic mass is 10.0. The summed E-state index contributed by atoms with van der Waals surface area (Å²) >= 11 is 0. The molecule has 0 aromatic heterocycles. The molecule has 1 unspecified atom stereocenters. The number of hydrogen-bond acceptors (Lipinski definition) is 5. The molecule has 0 radical (unpaired) electrons. The van der Waals surface area contributed by atoms with Crippen LogP contribution in [0.2, 0.25) is 0 Å². The van der Waals surface area contributed by atoms with Gasteiger partial charge in [-0.05, 0) is 12.8 Å². The van der Waals surface area contributed by atoms with Crippen molar-refractivity contribution in [3.05, 3.63) is 0 Å². The summed E-state index contributed by atoms with van der Waals surface area (Å²) in [5, 5.41) is 2.97. The van der Waals surface area contributed by atoms with E-state index in [-0.39, 0.29) is 30.4 Å². The van der Waals surface area contributed by atoms with Crippen LogP contribution >= 0.6 is 0 Å². The number of nitrogens with two attached hydrogens (primary N) is 2. The Bertz CT molecular complexity index is 299. The first kappa shape index (κ1) is 15.9. The second kappa shape index (κ2) is 8.08. The van der Waals surface area contributed by atoms with E-state index >= 15 is 0 Å². The molecule has 1 heterocycles. The van der Waals surface area contributed by atoms with Crippen LogP contribution in [0.3, 0.4) is 0 Å². The van der Waals surface area contributed by atoms with Crippen molar-refractivity contribution in [3.63, 3.8) is 0 Å². The Morgan fingerprint density at radius 2 is 2.05 bits per heavy atom. The second-order valence-electron chi connectivity index (χ2n) is 4.88. The SMILES string of the molecule is COC(CN)CC(=O)NC1CCN(CC(N)=O)CC1. The van der Waals surface area contributed by atoms with Gasteiger partial charge in [-0.2, -0.15) is 0 Å². The highest BCUT2D eigenvalue weighted by Crippen LogP contribution is 2.10. The van der Waals surface area contributed by atoms with Crippen LogP contribution < -0.4 is 16.8 Å². The molecule has 5 N–H and O–H groups in total. The Morgan fingerprint density at radius 3 is 2.53 bits per heavy atom. The van der Waals surface area contributed by atoms with Gasteiger partial charge < -0.3 is 21.5 Å². The van der Waals surface area contributed by atoms with Gasteiger partial charge in [-0.1, -0.05) is 0 Å². The fourth-order valence-electron chi connectivity index (χ4n) is 2.21. The highest BCUT2D eigenvalue weighted by molar-refractivity contribution is 5.77. The van der Waals surface area contributed by atoms with Crippen molar-refractivity contribution in [2.45, 2.75) is 31.4 Å². The Balaban J connectivity index is 2.25. The maximum Gasteiger partial charge on any atom is 0.231 e. The molecule has 1 rings (SSSR count). The predicted molar refractivity (Wildman–Crippen MR) is 71.3 cm³/mol. The number of rotatable bonds is 7. The number of carbonyl (C=O) groups excluding carboxylic acids is 2. The topological polar surface area (TPSA) is 111 Å². The third-order valence-corrected chi connectivity index (χ3v) is 3.34. The van der Waals surface area contributed by atoms with Gasteiger partial charge in [0.1, 0.15) is 0 Å². The van der Waals surface area contributed by atoms with E-state index < -0.39 is 0 Å². The number of nitrogens with zero attached hydrogens (tertiary/aromatic N) is 1. The largest absolute Gasteiger partial charge is 0.380 e. The van der Waals surface area contributed by atoms with Crippen molar-refractivity contribution >= 4 is 11.8 Å². The van der Waals surface area contributed by atoms with E-state index in [0.29, 0.717) is 13.1 Å². The quantitative estimate of drug-likeness (QED) is 0.518. The molecular formula is C12H24N4O3. The van der Waals surface area contributed by atoms with Crippen LogP contribution in [0.1, 0.15) is 19.3 Å². The average molecular weight is 272 g/mol. The van der Waals surface area contributed by atoms with Crippen molar-refractivity contribution < 1.29 is 14.3 Å². The number of ether oxygens (including phenoxy) is 1. The van der Waals surface area contributed by atoms with E-state index in [1.54, 1.807) is 7.11 Å². The van der Waals surface area contributed by atoms with Gasteiger partial charge in [-0.15, -0.1) is 0 Å². The van der Waals surface area contributed by atoms with Crippen molar-refractivity contribution in [2.24, 2.45) is 11.5 Å². The van der Waals surface area contributed by atoms with E-state index in [1.165, 1.54) is 0 Å². The molecule has 0 bridgehead atoms. The molecular weight excluding hydrogens is 248 g/mol. The molecule has 0 aromatic rings. The smallest absolute Gasteiger partial charge is 0.231 e. The molecule has 110 valence electrons. The van der Waals surface area contributed by atoms with Gasteiger partial charge in [0.25, 0.3) is 0 Å². The molecule has 1 aliphatic heterocycles. The van der Waals surface area contributed by atoms with E-state index in [4.69, 9.17) is 16.2 Å². The summed E-state index contributed by atoms with van der Waals surface area (Å²) in [5.41, 5.74) is 10.6. The Kier molecular flexibility index (Phi) is 6.75. The van der Waals surface area contributed by atoms with Crippen molar-refractivity contribution in [1.82, 2.24) is 10.2 Å². The maximum absolute atomic E-state index is 11.8.